The van der Waals surface area contributed by atoms with Gasteiger partial charge in [0.2, 0.25) is 0 Å². The van der Waals surface area contributed by atoms with E-state index >= 15 is 0 Å². The fraction of sp³-hybridized carbons (Fsp3) is 0.500. The number of fused-ring (bicyclic) bond motifs is 1. The van der Waals surface area contributed by atoms with Gasteiger partial charge in [-0.1, -0.05) is 0 Å². The van der Waals surface area contributed by atoms with Crippen LogP contribution >= 0.6 is 0 Å². The summed E-state index contributed by atoms with van der Waals surface area (Å²) in [7, 11) is 2.22. The zero-order valence-corrected chi connectivity index (χ0v) is 11.5. The third-order valence-corrected chi connectivity index (χ3v) is 4.58. The SMILES string of the molecule is Cc1c2ccocc-2c(C2CCN(C)CC2)c1C. The Morgan fingerprint density at radius 2 is 1.83 bits per heavy atom. The van der Waals surface area contributed by atoms with E-state index < -0.39 is 0 Å². The molecule has 0 aromatic carbocycles. The van der Waals surface area contributed by atoms with Crippen molar-refractivity contribution in [3.63, 3.8) is 0 Å². The van der Waals surface area contributed by atoms with E-state index in [1.54, 1.807) is 11.8 Å². The summed E-state index contributed by atoms with van der Waals surface area (Å²) in [5, 5.41) is 0. The molecule has 3 aliphatic rings. The van der Waals surface area contributed by atoms with Gasteiger partial charge in [0.25, 0.3) is 0 Å². The van der Waals surface area contributed by atoms with E-state index in [0.29, 0.717) is 5.92 Å². The molecule has 2 aliphatic heterocycles. The van der Waals surface area contributed by atoms with Crippen LogP contribution in [-0.2, 0) is 0 Å². The van der Waals surface area contributed by atoms with Crippen molar-refractivity contribution in [2.45, 2.75) is 32.6 Å². The average molecular weight is 243 g/mol. The molecule has 1 fully saturated rings. The zero-order valence-electron chi connectivity index (χ0n) is 11.5. The van der Waals surface area contributed by atoms with Crippen LogP contribution in [0.15, 0.2) is 23.0 Å². The maximum Gasteiger partial charge on any atom is 0.0982 e. The van der Waals surface area contributed by atoms with Crippen LogP contribution in [0.3, 0.4) is 0 Å². The van der Waals surface area contributed by atoms with Crippen LogP contribution in [0, 0.1) is 13.8 Å². The molecule has 0 aromatic heterocycles. The predicted molar refractivity (Wildman–Crippen MR) is 74.3 cm³/mol. The Morgan fingerprint density at radius 1 is 1.11 bits per heavy atom. The topological polar surface area (TPSA) is 16.4 Å². The number of piperidine rings is 1. The van der Waals surface area contributed by atoms with E-state index in [2.05, 4.69) is 31.9 Å². The van der Waals surface area contributed by atoms with Gasteiger partial charge in [0.05, 0.1) is 12.5 Å². The minimum atomic E-state index is 0.704. The molecule has 1 saturated heterocycles. The maximum absolute atomic E-state index is 5.40. The number of hydrogen-bond donors (Lipinski definition) is 0. The molecular formula is C16H21NO. The summed E-state index contributed by atoms with van der Waals surface area (Å²) in [6.45, 7) is 6.92. The highest BCUT2D eigenvalue weighted by Crippen LogP contribution is 2.43. The standard InChI is InChI=1S/C16H21NO/c1-11-12(2)16(13-4-7-17(3)8-5-13)15-10-18-9-6-14(11)15/h6,9-10,13H,4-5,7-8H2,1-3H3. The molecule has 1 aliphatic carbocycles. The number of hydrogen-bond acceptors (Lipinski definition) is 2. The molecule has 0 saturated carbocycles. The monoisotopic (exact) mass is 243 g/mol. The lowest BCUT2D eigenvalue weighted by atomic mass is 9.87. The molecule has 0 N–H and O–H groups in total. The predicted octanol–water partition coefficient (Wildman–Crippen LogP) is 3.81. The van der Waals surface area contributed by atoms with Crippen molar-refractivity contribution in [2.75, 3.05) is 20.1 Å². The number of nitrogens with zero attached hydrogens (tertiary/aromatic N) is 1. The van der Waals surface area contributed by atoms with Crippen LogP contribution in [0.4, 0.5) is 0 Å². The summed E-state index contributed by atoms with van der Waals surface area (Å²) >= 11 is 0. The molecule has 3 rings (SSSR count). The van der Waals surface area contributed by atoms with E-state index in [9.17, 15) is 0 Å². The highest BCUT2D eigenvalue weighted by atomic mass is 16.3. The smallest absolute Gasteiger partial charge is 0.0982 e. The molecule has 0 spiro atoms. The maximum atomic E-state index is 5.40. The van der Waals surface area contributed by atoms with Crippen LogP contribution < -0.4 is 0 Å². The first kappa shape index (κ1) is 11.8. The second-order valence-electron chi connectivity index (χ2n) is 5.63. The van der Waals surface area contributed by atoms with E-state index in [1.165, 1.54) is 48.2 Å². The van der Waals surface area contributed by atoms with Gasteiger partial charge in [-0.3, -0.25) is 0 Å². The van der Waals surface area contributed by atoms with Gasteiger partial charge in [-0.25, -0.2) is 0 Å². The van der Waals surface area contributed by atoms with Crippen LogP contribution in [0.2, 0.25) is 0 Å². The lowest BCUT2D eigenvalue weighted by Gasteiger charge is -2.29. The summed E-state index contributed by atoms with van der Waals surface area (Å²) in [5.41, 5.74) is 7.14. The summed E-state index contributed by atoms with van der Waals surface area (Å²) in [5.74, 6) is 0.704. The first-order valence-electron chi connectivity index (χ1n) is 6.82. The summed E-state index contributed by atoms with van der Waals surface area (Å²) in [6.07, 6.45) is 6.26. The van der Waals surface area contributed by atoms with Crippen molar-refractivity contribution in [1.29, 1.82) is 0 Å². The quantitative estimate of drug-likeness (QED) is 0.757. The number of rotatable bonds is 1. The van der Waals surface area contributed by atoms with Crippen LogP contribution in [0.5, 0.6) is 0 Å². The summed E-state index contributed by atoms with van der Waals surface area (Å²) in [6, 6.07) is 2.11. The molecule has 0 atom stereocenters. The van der Waals surface area contributed by atoms with E-state index in [0.717, 1.165) is 0 Å². The van der Waals surface area contributed by atoms with Gasteiger partial charge in [-0.2, -0.15) is 0 Å². The fourth-order valence-electron chi connectivity index (χ4n) is 3.33. The van der Waals surface area contributed by atoms with Crippen molar-refractivity contribution in [3.8, 4) is 11.1 Å². The van der Waals surface area contributed by atoms with Gasteiger partial charge < -0.3 is 9.32 Å². The molecule has 2 nitrogen and oxygen atoms in total. The Balaban J connectivity index is 2.04. The Morgan fingerprint density at radius 3 is 2.56 bits per heavy atom. The van der Waals surface area contributed by atoms with Crippen molar-refractivity contribution in [3.05, 3.63) is 35.3 Å². The minimum absolute atomic E-state index is 0.704. The Hall–Kier alpha value is -1.28. The van der Waals surface area contributed by atoms with Crippen LogP contribution in [0.25, 0.3) is 11.1 Å². The highest BCUT2D eigenvalue weighted by molar-refractivity contribution is 5.77. The molecule has 2 heteroatoms. The lowest BCUT2D eigenvalue weighted by Crippen LogP contribution is -2.29. The normalized spacial score (nSPS) is 18.6. The third-order valence-electron chi connectivity index (χ3n) is 4.58. The molecule has 0 amide bonds. The van der Waals surface area contributed by atoms with Gasteiger partial charge >= 0.3 is 0 Å². The van der Waals surface area contributed by atoms with E-state index in [-0.39, 0.29) is 0 Å². The Bertz CT molecular complexity index is 520. The van der Waals surface area contributed by atoms with Gasteiger partial charge in [0.15, 0.2) is 0 Å². The van der Waals surface area contributed by atoms with E-state index in [1.807, 2.05) is 6.26 Å². The van der Waals surface area contributed by atoms with E-state index in [4.69, 9.17) is 4.42 Å². The van der Waals surface area contributed by atoms with Crippen molar-refractivity contribution < 1.29 is 4.42 Å². The average Bonchev–Trinajstić information content (AvgIpc) is 2.64. The molecule has 0 bridgehead atoms. The Labute approximate surface area is 109 Å². The highest BCUT2D eigenvalue weighted by Gasteiger charge is 2.27. The largest absolute Gasteiger partial charge is 0.472 e. The van der Waals surface area contributed by atoms with Gasteiger partial charge in [0.1, 0.15) is 0 Å². The molecule has 2 heterocycles. The van der Waals surface area contributed by atoms with Gasteiger partial charge in [0, 0.05) is 5.56 Å². The van der Waals surface area contributed by atoms with Gasteiger partial charge in [-0.15, -0.1) is 0 Å². The second kappa shape index (κ2) is 4.43. The van der Waals surface area contributed by atoms with Crippen LogP contribution in [0.1, 0.15) is 35.4 Å². The first-order chi connectivity index (χ1) is 8.68. The minimum Gasteiger partial charge on any atom is -0.472 e. The molecule has 96 valence electrons. The molecule has 0 unspecified atom stereocenters. The number of likely N-dealkylation sites (tertiary alicyclic amines) is 1. The van der Waals surface area contributed by atoms with Crippen LogP contribution in [-0.4, -0.2) is 25.0 Å². The molecular weight excluding hydrogens is 222 g/mol. The molecule has 18 heavy (non-hydrogen) atoms. The molecule has 0 radical (unpaired) electrons. The van der Waals surface area contributed by atoms with Crippen molar-refractivity contribution >= 4 is 0 Å². The zero-order chi connectivity index (χ0) is 12.7. The second-order valence-corrected chi connectivity index (χ2v) is 5.63. The summed E-state index contributed by atoms with van der Waals surface area (Å²) in [4.78, 5) is 2.42. The first-order valence-corrected chi connectivity index (χ1v) is 6.82. The van der Waals surface area contributed by atoms with Crippen molar-refractivity contribution in [1.82, 2.24) is 4.90 Å². The molecule has 0 aromatic rings. The Kier molecular flexibility index (Phi) is 2.90. The lowest BCUT2D eigenvalue weighted by molar-refractivity contribution is 0.255. The van der Waals surface area contributed by atoms with Gasteiger partial charge in [-0.05, 0) is 81.1 Å². The third kappa shape index (κ3) is 1.76. The fourth-order valence-corrected chi connectivity index (χ4v) is 3.33. The van der Waals surface area contributed by atoms with Crippen molar-refractivity contribution in [2.24, 2.45) is 0 Å². The summed E-state index contributed by atoms with van der Waals surface area (Å²) < 4.78 is 5.40.